The smallest absolute Gasteiger partial charge is 0.339 e. The zero-order valence-corrected chi connectivity index (χ0v) is 25.9. The summed E-state index contributed by atoms with van der Waals surface area (Å²) in [5.74, 6) is -1.49. The average Bonchev–Trinajstić information content (AvgIpc) is 3.03. The lowest BCUT2D eigenvalue weighted by molar-refractivity contribution is 0.0473. The van der Waals surface area contributed by atoms with Crippen molar-refractivity contribution in [2.45, 2.75) is 40.3 Å². The van der Waals surface area contributed by atoms with Gasteiger partial charge in [0.15, 0.2) is 0 Å². The fourth-order valence-corrected chi connectivity index (χ4v) is 4.26. The molecular weight excluding hydrogens is 570 g/mol. The maximum absolute atomic E-state index is 13.6. The second-order valence-corrected chi connectivity index (χ2v) is 11.6. The van der Waals surface area contributed by atoms with Crippen LogP contribution in [0.25, 0.3) is 11.1 Å². The Morgan fingerprint density at radius 1 is 0.889 bits per heavy atom. The van der Waals surface area contributed by atoms with Crippen molar-refractivity contribution in [2.75, 3.05) is 12.4 Å². The topological polar surface area (TPSA) is 156 Å². The summed E-state index contributed by atoms with van der Waals surface area (Å²) < 4.78 is 11.0. The number of nitrogen functional groups attached to an aromatic ring is 1. The minimum Gasteiger partial charge on any atom is -0.481 e. The number of ether oxygens (including phenoxy) is 2. The van der Waals surface area contributed by atoms with E-state index in [9.17, 15) is 14.4 Å². The Labute approximate surface area is 262 Å². The number of benzene rings is 3. The van der Waals surface area contributed by atoms with E-state index >= 15 is 0 Å². The molecule has 0 spiro atoms. The highest BCUT2D eigenvalue weighted by Gasteiger charge is 2.26. The van der Waals surface area contributed by atoms with Crippen molar-refractivity contribution in [1.29, 1.82) is 5.41 Å². The Morgan fingerprint density at radius 2 is 1.53 bits per heavy atom. The van der Waals surface area contributed by atoms with E-state index in [0.717, 1.165) is 5.56 Å². The molecule has 0 aliphatic carbocycles. The van der Waals surface area contributed by atoms with Crippen LogP contribution in [0.4, 0.5) is 5.69 Å². The molecule has 0 aliphatic heterocycles. The molecule has 3 aromatic carbocycles. The number of amidine groups is 1. The van der Waals surface area contributed by atoms with Gasteiger partial charge in [0.2, 0.25) is 5.88 Å². The van der Waals surface area contributed by atoms with Crippen LogP contribution < -0.4 is 21.1 Å². The minimum atomic E-state index is -0.672. The Morgan fingerprint density at radius 3 is 2.16 bits per heavy atom. The van der Waals surface area contributed by atoms with Crippen molar-refractivity contribution >= 4 is 29.3 Å². The van der Waals surface area contributed by atoms with Gasteiger partial charge in [0.05, 0.1) is 12.7 Å². The van der Waals surface area contributed by atoms with Gasteiger partial charge in [-0.1, -0.05) is 57.2 Å². The molecule has 5 N–H and O–H groups in total. The van der Waals surface area contributed by atoms with E-state index < -0.39 is 11.9 Å². The number of amides is 2. The molecule has 0 bridgehead atoms. The first-order valence-corrected chi connectivity index (χ1v) is 14.3. The first-order valence-electron chi connectivity index (χ1n) is 14.3. The normalized spacial score (nSPS) is 11.7. The number of hydrogen-bond donors (Lipinski definition) is 4. The number of carbonyl (C=O) groups is 3. The lowest BCUT2D eigenvalue weighted by Crippen LogP contribution is -2.41. The highest BCUT2D eigenvalue weighted by Crippen LogP contribution is 2.31. The standard InChI is InChI=1S/C35H37N5O5/c1-21(35(2,3)4)38-32(41)24-13-16-26(28(19-24)34(43)45-20-22-9-7-6-8-10-22)27-17-18-29(44-5)40-30(27)33(42)39-25-14-11-23(12-15-25)31(36)37/h6-19,21H,20H2,1-5H3,(H3,36,37)(H,38,41)(H,39,42)/t21-/m1/s1. The second-order valence-electron chi connectivity index (χ2n) is 11.6. The summed E-state index contributed by atoms with van der Waals surface area (Å²) in [5, 5.41) is 13.4. The van der Waals surface area contributed by atoms with Crippen LogP contribution in [0.1, 0.15) is 70.0 Å². The second kappa shape index (κ2) is 13.9. The van der Waals surface area contributed by atoms with Gasteiger partial charge >= 0.3 is 5.97 Å². The summed E-state index contributed by atoms with van der Waals surface area (Å²) in [6.45, 7) is 8.00. The third kappa shape index (κ3) is 8.11. The summed E-state index contributed by atoms with van der Waals surface area (Å²) in [7, 11) is 1.43. The first-order chi connectivity index (χ1) is 21.4. The van der Waals surface area contributed by atoms with Gasteiger partial charge in [-0.15, -0.1) is 0 Å². The van der Waals surface area contributed by atoms with Gasteiger partial charge in [-0.05, 0) is 65.9 Å². The Kier molecular flexibility index (Phi) is 9.98. The van der Waals surface area contributed by atoms with Gasteiger partial charge in [0, 0.05) is 34.5 Å². The molecule has 0 radical (unpaired) electrons. The van der Waals surface area contributed by atoms with Crippen molar-refractivity contribution < 1.29 is 23.9 Å². The number of aromatic nitrogens is 1. The molecule has 10 heteroatoms. The number of carbonyl (C=O) groups excluding carboxylic acids is 3. The molecule has 2 amide bonds. The molecule has 4 rings (SSSR count). The van der Waals surface area contributed by atoms with E-state index in [-0.39, 0.29) is 52.5 Å². The number of nitrogens with one attached hydrogen (secondary N) is 3. The average molecular weight is 608 g/mol. The number of esters is 1. The largest absolute Gasteiger partial charge is 0.481 e. The number of nitrogens with two attached hydrogens (primary N) is 1. The quantitative estimate of drug-likeness (QED) is 0.101. The van der Waals surface area contributed by atoms with Crippen LogP contribution in [-0.2, 0) is 11.3 Å². The molecule has 0 unspecified atom stereocenters. The molecule has 4 aromatic rings. The van der Waals surface area contributed by atoms with Crippen LogP contribution in [0.5, 0.6) is 5.88 Å². The van der Waals surface area contributed by atoms with E-state index in [4.69, 9.17) is 20.6 Å². The number of anilines is 1. The molecule has 0 saturated carbocycles. The zero-order valence-electron chi connectivity index (χ0n) is 25.9. The lowest BCUT2D eigenvalue weighted by Gasteiger charge is -2.28. The molecule has 1 heterocycles. The molecule has 0 saturated heterocycles. The van der Waals surface area contributed by atoms with Gasteiger partial charge in [-0.2, -0.15) is 0 Å². The van der Waals surface area contributed by atoms with Crippen LogP contribution in [0.15, 0.2) is 84.9 Å². The SMILES string of the molecule is COc1ccc(-c2ccc(C(=O)N[C@H](C)C(C)(C)C)cc2C(=O)OCc2ccccc2)c(C(=O)Nc2ccc(C(=N)N)cc2)n1. The number of rotatable bonds is 10. The summed E-state index contributed by atoms with van der Waals surface area (Å²) in [5.41, 5.74) is 8.13. The highest BCUT2D eigenvalue weighted by atomic mass is 16.5. The van der Waals surface area contributed by atoms with Crippen molar-refractivity contribution in [3.63, 3.8) is 0 Å². The van der Waals surface area contributed by atoms with Crippen molar-refractivity contribution in [3.8, 4) is 17.0 Å². The van der Waals surface area contributed by atoms with E-state index in [1.54, 1.807) is 48.5 Å². The summed E-state index contributed by atoms with van der Waals surface area (Å²) >= 11 is 0. The Hall–Kier alpha value is -5.51. The fourth-order valence-electron chi connectivity index (χ4n) is 4.26. The lowest BCUT2D eigenvalue weighted by atomic mass is 9.88. The van der Waals surface area contributed by atoms with Gasteiger partial charge < -0.3 is 25.8 Å². The molecule has 1 aromatic heterocycles. The third-order valence-corrected chi connectivity index (χ3v) is 7.40. The Balaban J connectivity index is 1.76. The number of pyridine rings is 1. The van der Waals surface area contributed by atoms with Crippen molar-refractivity contribution in [2.24, 2.45) is 11.1 Å². The van der Waals surface area contributed by atoms with Gasteiger partial charge in [-0.25, -0.2) is 9.78 Å². The van der Waals surface area contributed by atoms with Crippen molar-refractivity contribution in [3.05, 3.63) is 113 Å². The third-order valence-electron chi connectivity index (χ3n) is 7.40. The predicted octanol–water partition coefficient (Wildman–Crippen LogP) is 5.81. The van der Waals surface area contributed by atoms with E-state index in [2.05, 4.69) is 15.6 Å². The van der Waals surface area contributed by atoms with Crippen LogP contribution in [0.2, 0.25) is 0 Å². The van der Waals surface area contributed by atoms with Gasteiger partial charge in [0.25, 0.3) is 11.8 Å². The first kappa shape index (κ1) is 32.4. The predicted molar refractivity (Wildman–Crippen MR) is 174 cm³/mol. The van der Waals surface area contributed by atoms with Crippen molar-refractivity contribution in [1.82, 2.24) is 10.3 Å². The van der Waals surface area contributed by atoms with Gasteiger partial charge in [0.1, 0.15) is 18.1 Å². The molecule has 232 valence electrons. The van der Waals surface area contributed by atoms with Crippen LogP contribution in [0, 0.1) is 10.8 Å². The highest BCUT2D eigenvalue weighted by molar-refractivity contribution is 6.10. The Bertz CT molecular complexity index is 1710. The summed E-state index contributed by atoms with van der Waals surface area (Å²) in [6, 6.07) is 23.4. The molecule has 0 aliphatic rings. The summed E-state index contributed by atoms with van der Waals surface area (Å²) in [6.07, 6.45) is 0. The number of hydrogen-bond acceptors (Lipinski definition) is 7. The zero-order chi connectivity index (χ0) is 32.7. The molecular formula is C35H37N5O5. The van der Waals surface area contributed by atoms with E-state index in [1.807, 2.05) is 58.0 Å². The van der Waals surface area contributed by atoms with Crippen LogP contribution >= 0.6 is 0 Å². The van der Waals surface area contributed by atoms with Crippen LogP contribution in [-0.4, -0.2) is 41.8 Å². The molecule has 0 fully saturated rings. The molecule has 45 heavy (non-hydrogen) atoms. The number of methoxy groups -OCH3 is 1. The monoisotopic (exact) mass is 607 g/mol. The maximum atomic E-state index is 13.6. The summed E-state index contributed by atoms with van der Waals surface area (Å²) in [4.78, 5) is 44.9. The minimum absolute atomic E-state index is 0.0133. The van der Waals surface area contributed by atoms with E-state index in [1.165, 1.54) is 13.2 Å². The fraction of sp³-hybridized carbons (Fsp3) is 0.229. The van der Waals surface area contributed by atoms with Gasteiger partial charge in [-0.3, -0.25) is 15.0 Å². The molecule has 10 nitrogen and oxygen atoms in total. The maximum Gasteiger partial charge on any atom is 0.339 e. The van der Waals surface area contributed by atoms with Crippen LogP contribution in [0.3, 0.4) is 0 Å². The van der Waals surface area contributed by atoms with E-state index in [0.29, 0.717) is 22.4 Å². The number of nitrogens with zero attached hydrogens (tertiary/aromatic N) is 1. The molecule has 1 atom stereocenters.